The molecule has 2 rings (SSSR count). The van der Waals surface area contributed by atoms with Crippen molar-refractivity contribution in [3.05, 3.63) is 47.0 Å². The van der Waals surface area contributed by atoms with Gasteiger partial charge in [-0.15, -0.1) is 0 Å². The van der Waals surface area contributed by atoms with Crippen LogP contribution in [0.25, 0.3) is 0 Å². The van der Waals surface area contributed by atoms with Crippen molar-refractivity contribution in [1.29, 1.82) is 0 Å². The van der Waals surface area contributed by atoms with E-state index in [1.807, 2.05) is 20.2 Å². The lowest BCUT2D eigenvalue weighted by atomic mass is 9.94. The molecule has 5 nitrogen and oxygen atoms in total. The lowest BCUT2D eigenvalue weighted by Crippen LogP contribution is -2.29. The molecule has 108 valence electrons. The predicted octanol–water partition coefficient (Wildman–Crippen LogP) is 1.75. The minimum atomic E-state index is -1.23. The summed E-state index contributed by atoms with van der Waals surface area (Å²) in [7, 11) is 3.98. The van der Waals surface area contributed by atoms with E-state index in [0.717, 1.165) is 6.54 Å². The van der Waals surface area contributed by atoms with Crippen LogP contribution in [-0.4, -0.2) is 45.4 Å². The first-order chi connectivity index (χ1) is 9.43. The Morgan fingerprint density at radius 3 is 2.75 bits per heavy atom. The van der Waals surface area contributed by atoms with Crippen molar-refractivity contribution in [2.45, 2.75) is 19.1 Å². The Balaban J connectivity index is 2.38. The van der Waals surface area contributed by atoms with Crippen LogP contribution in [-0.2, 0) is 12.1 Å². The monoisotopic (exact) mass is 294 g/mol. The third kappa shape index (κ3) is 3.00. The van der Waals surface area contributed by atoms with E-state index in [2.05, 4.69) is 15.0 Å². The molecule has 0 saturated heterocycles. The summed E-state index contributed by atoms with van der Waals surface area (Å²) in [4.78, 5) is 6.11. The summed E-state index contributed by atoms with van der Waals surface area (Å²) in [5, 5.41) is 15.6. The number of aromatic nitrogens is 3. The summed E-state index contributed by atoms with van der Waals surface area (Å²) in [6.07, 6.45) is 4.88. The molecule has 1 atom stereocenters. The summed E-state index contributed by atoms with van der Waals surface area (Å²) >= 11 is 6.22. The highest BCUT2D eigenvalue weighted by atomic mass is 35.5. The highest BCUT2D eigenvalue weighted by Gasteiger charge is 2.32. The average molecular weight is 295 g/mol. The maximum atomic E-state index is 10.9. The molecule has 1 N–H and O–H groups in total. The predicted molar refractivity (Wildman–Crippen MR) is 78.7 cm³/mol. The van der Waals surface area contributed by atoms with Crippen molar-refractivity contribution in [1.82, 2.24) is 19.7 Å². The van der Waals surface area contributed by atoms with Gasteiger partial charge in [0.15, 0.2) is 0 Å². The Bertz CT molecular complexity index is 566. The number of rotatable bonds is 5. The highest BCUT2D eigenvalue weighted by Crippen LogP contribution is 2.33. The molecule has 0 spiro atoms. The first-order valence-electron chi connectivity index (χ1n) is 6.42. The second-order valence-corrected chi connectivity index (χ2v) is 5.59. The number of aliphatic hydroxyl groups is 1. The maximum Gasteiger partial charge on any atom is 0.131 e. The second-order valence-electron chi connectivity index (χ2n) is 5.18. The largest absolute Gasteiger partial charge is 0.379 e. The van der Waals surface area contributed by atoms with Gasteiger partial charge in [-0.2, -0.15) is 5.10 Å². The van der Waals surface area contributed by atoms with Gasteiger partial charge in [0.25, 0.3) is 0 Å². The molecule has 0 aliphatic heterocycles. The van der Waals surface area contributed by atoms with Crippen LogP contribution >= 0.6 is 11.6 Å². The average Bonchev–Trinajstić information content (AvgIpc) is 2.79. The van der Waals surface area contributed by atoms with E-state index in [4.69, 9.17) is 11.6 Å². The summed E-state index contributed by atoms with van der Waals surface area (Å²) in [6.45, 7) is 3.18. The summed E-state index contributed by atoms with van der Waals surface area (Å²) in [5.41, 5.74) is 0.0521. The summed E-state index contributed by atoms with van der Waals surface area (Å²) in [6, 6.07) is 3.62. The minimum absolute atomic E-state index is 0.456. The van der Waals surface area contributed by atoms with E-state index in [1.54, 1.807) is 36.3 Å². The third-order valence-corrected chi connectivity index (χ3v) is 3.52. The van der Waals surface area contributed by atoms with E-state index >= 15 is 0 Å². The topological polar surface area (TPSA) is 54.2 Å². The quantitative estimate of drug-likeness (QED) is 0.913. The number of likely N-dealkylation sites (N-methyl/N-ethyl adjacent to an activating group) is 1. The van der Waals surface area contributed by atoms with E-state index in [1.165, 1.54) is 0 Å². The molecule has 2 aromatic rings. The van der Waals surface area contributed by atoms with Crippen LogP contribution in [0.15, 0.2) is 30.7 Å². The molecule has 0 fully saturated rings. The summed E-state index contributed by atoms with van der Waals surface area (Å²) < 4.78 is 1.75. The molecule has 6 heteroatoms. The Labute approximate surface area is 123 Å². The molecular weight excluding hydrogens is 276 g/mol. The van der Waals surface area contributed by atoms with Crippen molar-refractivity contribution in [2.75, 3.05) is 20.6 Å². The van der Waals surface area contributed by atoms with Crippen molar-refractivity contribution in [3.63, 3.8) is 0 Å². The Morgan fingerprint density at radius 2 is 2.15 bits per heavy atom. The van der Waals surface area contributed by atoms with E-state index in [-0.39, 0.29) is 0 Å². The van der Waals surface area contributed by atoms with Crippen LogP contribution in [0.3, 0.4) is 0 Å². The molecule has 0 amide bonds. The zero-order valence-corrected chi connectivity index (χ0v) is 12.7. The van der Waals surface area contributed by atoms with Crippen LogP contribution in [0.1, 0.15) is 18.2 Å². The number of pyridine rings is 1. The van der Waals surface area contributed by atoms with Crippen molar-refractivity contribution >= 4 is 11.6 Å². The minimum Gasteiger partial charge on any atom is -0.379 e. The lowest BCUT2D eigenvalue weighted by molar-refractivity contribution is 0.0906. The highest BCUT2D eigenvalue weighted by molar-refractivity contribution is 6.31. The molecule has 0 aliphatic carbocycles. The standard InChI is InChI=1S/C14H19ClN4O/c1-14(20,11-5-4-6-16-9-11)13-12(15)10-17-19(13)8-7-18(2)3/h4-6,9-10,20H,7-8H2,1-3H3. The molecule has 0 bridgehead atoms. The van der Waals surface area contributed by atoms with Gasteiger partial charge in [0.2, 0.25) is 0 Å². The Morgan fingerprint density at radius 1 is 1.40 bits per heavy atom. The maximum absolute atomic E-state index is 10.9. The zero-order valence-electron chi connectivity index (χ0n) is 11.9. The van der Waals surface area contributed by atoms with Gasteiger partial charge in [-0.05, 0) is 27.1 Å². The molecule has 2 heterocycles. The number of hydrogen-bond donors (Lipinski definition) is 1. The van der Waals surface area contributed by atoms with Crippen molar-refractivity contribution in [2.24, 2.45) is 0 Å². The normalized spacial score (nSPS) is 14.5. The number of halogens is 1. The fourth-order valence-corrected chi connectivity index (χ4v) is 2.42. The molecule has 1 unspecified atom stereocenters. The van der Waals surface area contributed by atoms with Gasteiger partial charge in [0.05, 0.1) is 23.5 Å². The fourth-order valence-electron chi connectivity index (χ4n) is 2.10. The number of hydrogen-bond acceptors (Lipinski definition) is 4. The number of nitrogens with zero attached hydrogens (tertiary/aromatic N) is 4. The third-order valence-electron chi connectivity index (χ3n) is 3.24. The molecule has 0 radical (unpaired) electrons. The van der Waals surface area contributed by atoms with Gasteiger partial charge in [-0.1, -0.05) is 17.7 Å². The zero-order chi connectivity index (χ0) is 14.8. The Kier molecular flexibility index (Phi) is 4.42. The van der Waals surface area contributed by atoms with Crippen molar-refractivity contribution < 1.29 is 5.11 Å². The SMILES string of the molecule is CN(C)CCn1ncc(Cl)c1C(C)(O)c1cccnc1. The van der Waals surface area contributed by atoms with Crippen LogP contribution in [0.4, 0.5) is 0 Å². The van der Waals surface area contributed by atoms with E-state index < -0.39 is 5.60 Å². The Hall–Kier alpha value is -1.43. The van der Waals surface area contributed by atoms with Gasteiger partial charge in [-0.3, -0.25) is 9.67 Å². The van der Waals surface area contributed by atoms with E-state index in [9.17, 15) is 5.11 Å². The van der Waals surface area contributed by atoms with Gasteiger partial charge in [-0.25, -0.2) is 0 Å². The van der Waals surface area contributed by atoms with Crippen LogP contribution in [0.2, 0.25) is 5.02 Å². The molecular formula is C14H19ClN4O. The van der Waals surface area contributed by atoms with Gasteiger partial charge in [0.1, 0.15) is 5.60 Å². The molecule has 20 heavy (non-hydrogen) atoms. The van der Waals surface area contributed by atoms with Gasteiger partial charge >= 0.3 is 0 Å². The molecule has 0 aliphatic rings. The lowest BCUT2D eigenvalue weighted by Gasteiger charge is -2.25. The molecule has 0 saturated carbocycles. The first kappa shape index (κ1) is 15.0. The second kappa shape index (κ2) is 5.91. The van der Waals surface area contributed by atoms with Crippen LogP contribution < -0.4 is 0 Å². The van der Waals surface area contributed by atoms with Crippen LogP contribution in [0, 0.1) is 0 Å². The molecule has 2 aromatic heterocycles. The van der Waals surface area contributed by atoms with Gasteiger partial charge in [0, 0.05) is 24.5 Å². The fraction of sp³-hybridized carbons (Fsp3) is 0.429. The summed E-state index contributed by atoms with van der Waals surface area (Å²) in [5.74, 6) is 0. The molecule has 0 aromatic carbocycles. The first-order valence-corrected chi connectivity index (χ1v) is 6.80. The van der Waals surface area contributed by atoms with Crippen molar-refractivity contribution in [3.8, 4) is 0 Å². The van der Waals surface area contributed by atoms with E-state index in [0.29, 0.717) is 22.8 Å². The van der Waals surface area contributed by atoms with Gasteiger partial charge < -0.3 is 10.0 Å². The smallest absolute Gasteiger partial charge is 0.131 e. The van der Waals surface area contributed by atoms with Crippen LogP contribution in [0.5, 0.6) is 0 Å².